The van der Waals surface area contributed by atoms with Gasteiger partial charge in [-0.15, -0.1) is 0 Å². The minimum atomic E-state index is -0.937. The van der Waals surface area contributed by atoms with Crippen molar-refractivity contribution >= 4 is 12.0 Å². The highest BCUT2D eigenvalue weighted by Crippen LogP contribution is 2.06. The molecule has 0 aliphatic rings. The van der Waals surface area contributed by atoms with Gasteiger partial charge in [-0.1, -0.05) is 42.5 Å². The Bertz CT molecular complexity index is 544. The van der Waals surface area contributed by atoms with Crippen LogP contribution in [0.5, 0.6) is 0 Å². The van der Waals surface area contributed by atoms with Gasteiger partial charge >= 0.3 is 11.7 Å². The van der Waals surface area contributed by atoms with Crippen molar-refractivity contribution in [2.24, 2.45) is 0 Å². The summed E-state index contributed by atoms with van der Waals surface area (Å²) in [6.07, 6.45) is 3.62. The Balaban J connectivity index is 2.45. The van der Waals surface area contributed by atoms with E-state index in [4.69, 9.17) is 10.1 Å². The summed E-state index contributed by atoms with van der Waals surface area (Å²) in [5, 5.41) is 18.1. The van der Waals surface area contributed by atoms with Gasteiger partial charge < -0.3 is 14.6 Å². The number of diazo groups is 1. The van der Waals surface area contributed by atoms with Gasteiger partial charge in [-0.25, -0.2) is 4.79 Å². The third kappa shape index (κ3) is 4.92. The Morgan fingerprint density at radius 1 is 1.40 bits per heavy atom. The van der Waals surface area contributed by atoms with E-state index in [1.165, 1.54) is 0 Å². The quantitative estimate of drug-likeness (QED) is 0.283. The molecule has 0 aliphatic heterocycles. The minimum Gasteiger partial charge on any atom is -0.503 e. The first-order valence-corrected chi connectivity index (χ1v) is 5.84. The molecule has 0 aliphatic carbocycles. The highest BCUT2D eigenvalue weighted by Gasteiger charge is 2.29. The Hall–Kier alpha value is -2.65. The molecule has 0 spiro atoms. The largest absolute Gasteiger partial charge is 0.507 e. The van der Waals surface area contributed by atoms with E-state index < -0.39 is 17.4 Å². The number of hydrogen-bond acceptors (Lipinski definition) is 5. The third-order valence-electron chi connectivity index (χ3n) is 2.31. The van der Waals surface area contributed by atoms with Crippen molar-refractivity contribution in [2.75, 3.05) is 20.3 Å². The second-order valence-electron chi connectivity index (χ2n) is 3.72. The number of carbonyl (C=O) groups is 1. The maximum Gasteiger partial charge on any atom is 0.507 e. The van der Waals surface area contributed by atoms with E-state index >= 15 is 0 Å². The lowest BCUT2D eigenvalue weighted by Gasteiger charge is -1.98. The normalized spacial score (nSPS) is 11.8. The smallest absolute Gasteiger partial charge is 0.503 e. The Morgan fingerprint density at radius 2 is 2.10 bits per heavy atom. The fourth-order valence-electron chi connectivity index (χ4n) is 1.35. The predicted octanol–water partition coefficient (Wildman–Crippen LogP) is 2.51. The molecule has 6 nitrogen and oxygen atoms in total. The first kappa shape index (κ1) is 15.4. The summed E-state index contributed by atoms with van der Waals surface area (Å²) in [4.78, 5) is 13.8. The molecule has 0 atom stereocenters. The number of esters is 1. The molecule has 0 saturated carbocycles. The molecule has 1 rings (SSSR count). The zero-order chi connectivity index (χ0) is 14.8. The van der Waals surface area contributed by atoms with E-state index in [0.29, 0.717) is 0 Å². The molecule has 0 unspecified atom stereocenters. The molecule has 0 radical (unpaired) electrons. The molecule has 0 aromatic heterocycles. The summed E-state index contributed by atoms with van der Waals surface area (Å²) >= 11 is 0. The summed E-state index contributed by atoms with van der Waals surface area (Å²) < 4.78 is 9.45. The lowest BCUT2D eigenvalue weighted by atomic mass is 10.2. The zero-order valence-corrected chi connectivity index (χ0v) is 11.0. The van der Waals surface area contributed by atoms with Crippen LogP contribution in [0.2, 0.25) is 0 Å². The molecule has 1 aromatic carbocycles. The van der Waals surface area contributed by atoms with Gasteiger partial charge in [-0.05, 0) is 5.56 Å². The fourth-order valence-corrected chi connectivity index (χ4v) is 1.35. The highest BCUT2D eigenvalue weighted by molar-refractivity contribution is 5.90. The average Bonchev–Trinajstić information content (AvgIpc) is 2.48. The number of aliphatic hydroxyl groups is 1. The summed E-state index contributed by atoms with van der Waals surface area (Å²) in [7, 11) is 1.12. The topological polar surface area (TPSA) is 83.9 Å². The van der Waals surface area contributed by atoms with Crippen molar-refractivity contribution in [3.63, 3.8) is 0 Å². The van der Waals surface area contributed by atoms with Gasteiger partial charge in [-0.2, -0.15) is 0 Å². The van der Waals surface area contributed by atoms with E-state index in [9.17, 15) is 9.90 Å². The summed E-state index contributed by atoms with van der Waals surface area (Å²) in [6, 6.07) is 9.63. The highest BCUT2D eigenvalue weighted by atomic mass is 16.5. The first-order chi connectivity index (χ1) is 9.69. The Labute approximate surface area is 116 Å². The standard InChI is InChI=1S/C14H14N2O4/c1-19-14(18)13(16-15)12(17)10-20-9-5-8-11-6-3-2-4-7-11/h2-8H,9-10H2,1H3/p+1/b8-5+. The van der Waals surface area contributed by atoms with Gasteiger partial charge in [0.2, 0.25) is 11.2 Å². The molecular formula is C14H15N2O4+. The van der Waals surface area contributed by atoms with Gasteiger partial charge in [0.25, 0.3) is 0 Å². The van der Waals surface area contributed by atoms with Gasteiger partial charge in [0, 0.05) is 0 Å². The summed E-state index contributed by atoms with van der Waals surface area (Å²) in [6.45, 7) is -0.0214. The zero-order valence-electron chi connectivity index (χ0n) is 11.0. The number of methoxy groups -OCH3 is 1. The van der Waals surface area contributed by atoms with E-state index in [2.05, 4.69) is 9.71 Å². The van der Waals surface area contributed by atoms with Crippen LogP contribution in [0.1, 0.15) is 5.56 Å². The van der Waals surface area contributed by atoms with Crippen LogP contribution in [0.3, 0.4) is 0 Å². The average molecular weight is 275 g/mol. The van der Waals surface area contributed by atoms with Gasteiger partial charge in [0.1, 0.15) is 6.61 Å². The van der Waals surface area contributed by atoms with Crippen molar-refractivity contribution in [3.8, 4) is 0 Å². The SMILES string of the molecule is COC(=O)/C([N+]#N)=C(\O)COC/C=C/c1ccccc1. The monoisotopic (exact) mass is 275 g/mol. The van der Waals surface area contributed by atoms with E-state index in [1.807, 2.05) is 36.4 Å². The molecule has 0 heterocycles. The van der Waals surface area contributed by atoms with Crippen LogP contribution in [0, 0.1) is 5.39 Å². The predicted molar refractivity (Wildman–Crippen MR) is 73.0 cm³/mol. The number of rotatable bonds is 6. The van der Waals surface area contributed by atoms with Crippen LogP contribution >= 0.6 is 0 Å². The third-order valence-corrected chi connectivity index (χ3v) is 2.31. The Morgan fingerprint density at radius 3 is 2.70 bits per heavy atom. The van der Waals surface area contributed by atoms with Crippen LogP contribution in [-0.2, 0) is 14.3 Å². The van der Waals surface area contributed by atoms with Crippen LogP contribution in [0.15, 0.2) is 47.9 Å². The second-order valence-corrected chi connectivity index (χ2v) is 3.72. The maximum atomic E-state index is 11.1. The molecule has 0 fully saturated rings. The molecule has 0 bridgehead atoms. The molecule has 1 N–H and O–H groups in total. The summed E-state index contributed by atoms with van der Waals surface area (Å²) in [5.41, 5.74) is 0.455. The van der Waals surface area contributed by atoms with Crippen LogP contribution < -0.4 is 0 Å². The van der Waals surface area contributed by atoms with Crippen LogP contribution in [-0.4, -0.2) is 31.4 Å². The maximum absolute atomic E-state index is 11.1. The molecular weight excluding hydrogens is 260 g/mol. The molecule has 104 valence electrons. The van der Waals surface area contributed by atoms with Gasteiger partial charge in [-0.3, -0.25) is 0 Å². The van der Waals surface area contributed by atoms with Crippen molar-refractivity contribution in [1.82, 2.24) is 0 Å². The number of ether oxygens (including phenoxy) is 2. The van der Waals surface area contributed by atoms with Crippen LogP contribution in [0.25, 0.3) is 11.1 Å². The number of benzene rings is 1. The number of carbonyl (C=O) groups excluding carboxylic acids is 1. The number of nitrogens with zero attached hydrogens (tertiary/aromatic N) is 2. The van der Waals surface area contributed by atoms with Crippen molar-refractivity contribution < 1.29 is 19.4 Å². The van der Waals surface area contributed by atoms with E-state index in [0.717, 1.165) is 12.7 Å². The van der Waals surface area contributed by atoms with Gasteiger partial charge in [0.15, 0.2) is 4.98 Å². The van der Waals surface area contributed by atoms with E-state index in [1.54, 1.807) is 6.08 Å². The minimum absolute atomic E-state index is 0.235. The molecule has 20 heavy (non-hydrogen) atoms. The number of hydrogen-bond donors (Lipinski definition) is 1. The van der Waals surface area contributed by atoms with E-state index in [-0.39, 0.29) is 13.2 Å². The fraction of sp³-hybridized carbons (Fsp3) is 0.214. The van der Waals surface area contributed by atoms with Crippen molar-refractivity contribution in [2.45, 2.75) is 0 Å². The number of aliphatic hydroxyl groups excluding tert-OH is 1. The lowest BCUT2D eigenvalue weighted by Crippen LogP contribution is -2.08. The van der Waals surface area contributed by atoms with Crippen molar-refractivity contribution in [1.29, 1.82) is 5.39 Å². The van der Waals surface area contributed by atoms with Gasteiger partial charge in [0.05, 0.1) is 13.7 Å². The molecule has 0 amide bonds. The Kier molecular flexibility index (Phi) is 6.51. The summed E-state index contributed by atoms with van der Waals surface area (Å²) in [5.74, 6) is -1.43. The van der Waals surface area contributed by atoms with Crippen LogP contribution in [0.4, 0.5) is 0 Å². The molecule has 1 aromatic rings. The first-order valence-electron chi connectivity index (χ1n) is 5.84. The lowest BCUT2D eigenvalue weighted by molar-refractivity contribution is -0.136. The molecule has 6 heteroatoms. The second kappa shape index (κ2) is 8.45. The van der Waals surface area contributed by atoms with Crippen molar-refractivity contribution in [3.05, 3.63) is 58.4 Å². The molecule has 0 saturated heterocycles.